The first-order valence-electron chi connectivity index (χ1n) is 5.27. The molecule has 0 bridgehead atoms. The van der Waals surface area contributed by atoms with Crippen LogP contribution in [0.15, 0.2) is 18.2 Å². The van der Waals surface area contributed by atoms with Crippen LogP contribution in [0, 0.1) is 12.8 Å². The quantitative estimate of drug-likeness (QED) is 0.822. The van der Waals surface area contributed by atoms with Crippen LogP contribution in [0.5, 0.6) is 5.75 Å². The average molecular weight is 206 g/mol. The molecular weight excluding hydrogens is 188 g/mol. The molecule has 1 rings (SSSR count). The summed E-state index contributed by atoms with van der Waals surface area (Å²) in [6.07, 6.45) is 1.33. The normalized spacial score (nSPS) is 12.5. The number of aromatic hydroxyl groups is 1. The second-order valence-electron chi connectivity index (χ2n) is 4.35. The van der Waals surface area contributed by atoms with Crippen LogP contribution >= 0.6 is 0 Å². The highest BCUT2D eigenvalue weighted by Crippen LogP contribution is 2.22. The third kappa shape index (κ3) is 3.74. The van der Waals surface area contributed by atoms with Crippen molar-refractivity contribution in [1.82, 2.24) is 0 Å². The molecule has 0 saturated carbocycles. The fourth-order valence-corrected chi connectivity index (χ4v) is 1.82. The number of benzene rings is 1. The van der Waals surface area contributed by atoms with Crippen molar-refractivity contribution >= 4 is 5.78 Å². The van der Waals surface area contributed by atoms with Gasteiger partial charge < -0.3 is 9.90 Å². The van der Waals surface area contributed by atoms with Crippen molar-refractivity contribution in [2.45, 2.75) is 33.6 Å². The average Bonchev–Trinajstić information content (AvgIpc) is 2.10. The van der Waals surface area contributed by atoms with E-state index in [1.807, 2.05) is 26.0 Å². The van der Waals surface area contributed by atoms with Crippen molar-refractivity contribution in [3.8, 4) is 5.75 Å². The molecule has 1 atom stereocenters. The number of ketones is 1. The number of Topliss-reactive ketones (excluding diaryl/α,β-unsaturated/α-hetero) is 1. The Labute approximate surface area is 90.9 Å². The third-order valence-electron chi connectivity index (χ3n) is 2.44. The molecule has 1 aromatic carbocycles. The fourth-order valence-electron chi connectivity index (χ4n) is 1.82. The molecule has 0 amide bonds. The molecule has 1 aromatic rings. The lowest BCUT2D eigenvalue weighted by molar-refractivity contribution is -0.117. The molecule has 0 saturated heterocycles. The maximum absolute atomic E-state index is 10.9. The first-order chi connectivity index (χ1) is 6.99. The number of hydrogen-bond donors (Lipinski definition) is 1. The van der Waals surface area contributed by atoms with E-state index in [4.69, 9.17) is 0 Å². The Morgan fingerprint density at radius 1 is 1.47 bits per heavy atom. The highest BCUT2D eigenvalue weighted by molar-refractivity contribution is 5.75. The monoisotopic (exact) mass is 206 g/mol. The topological polar surface area (TPSA) is 37.3 Å². The molecule has 1 N–H and O–H groups in total. The van der Waals surface area contributed by atoms with Gasteiger partial charge in [-0.3, -0.25) is 0 Å². The Hall–Kier alpha value is -1.31. The van der Waals surface area contributed by atoms with Crippen LogP contribution in [0.1, 0.15) is 31.4 Å². The third-order valence-corrected chi connectivity index (χ3v) is 2.44. The van der Waals surface area contributed by atoms with Gasteiger partial charge in [0.15, 0.2) is 0 Å². The molecule has 2 nitrogen and oxygen atoms in total. The number of carbonyl (C=O) groups excluding carboxylic acids is 1. The van der Waals surface area contributed by atoms with Gasteiger partial charge >= 0.3 is 0 Å². The van der Waals surface area contributed by atoms with Crippen LogP contribution in [0.2, 0.25) is 0 Å². The summed E-state index contributed by atoms with van der Waals surface area (Å²) in [5.74, 6) is 0.820. The minimum absolute atomic E-state index is 0.203. The van der Waals surface area contributed by atoms with Crippen LogP contribution in [0.25, 0.3) is 0 Å². The van der Waals surface area contributed by atoms with Crippen molar-refractivity contribution in [2.24, 2.45) is 5.92 Å². The fraction of sp³-hybridized carbons (Fsp3) is 0.462. The smallest absolute Gasteiger partial charge is 0.130 e. The maximum Gasteiger partial charge on any atom is 0.130 e. The first-order valence-corrected chi connectivity index (χ1v) is 5.27. The Balaban J connectivity index is 2.71. The van der Waals surface area contributed by atoms with Crippen molar-refractivity contribution in [3.05, 3.63) is 29.3 Å². The zero-order valence-electron chi connectivity index (χ0n) is 9.58. The lowest BCUT2D eigenvalue weighted by atomic mass is 9.95. The van der Waals surface area contributed by atoms with E-state index in [2.05, 4.69) is 0 Å². The summed E-state index contributed by atoms with van der Waals surface area (Å²) >= 11 is 0. The van der Waals surface area contributed by atoms with Gasteiger partial charge in [-0.15, -0.1) is 0 Å². The number of phenolic OH excluding ortho intramolecular Hbond substituents is 1. The highest BCUT2D eigenvalue weighted by atomic mass is 16.3. The van der Waals surface area contributed by atoms with Crippen LogP contribution in [0.3, 0.4) is 0 Å². The van der Waals surface area contributed by atoms with Crippen molar-refractivity contribution < 1.29 is 9.90 Å². The highest BCUT2D eigenvalue weighted by Gasteiger charge is 2.09. The largest absolute Gasteiger partial charge is 0.508 e. The van der Waals surface area contributed by atoms with Gasteiger partial charge in [-0.1, -0.05) is 24.6 Å². The summed E-state index contributed by atoms with van der Waals surface area (Å²) in [6, 6.07) is 5.57. The van der Waals surface area contributed by atoms with E-state index < -0.39 is 0 Å². The Morgan fingerprint density at radius 2 is 2.13 bits per heavy atom. The molecule has 0 aliphatic heterocycles. The molecule has 0 fully saturated rings. The molecular formula is C13H18O2. The van der Waals surface area contributed by atoms with Gasteiger partial charge in [-0.2, -0.15) is 0 Å². The van der Waals surface area contributed by atoms with Crippen LogP contribution < -0.4 is 0 Å². The number of rotatable bonds is 4. The molecule has 0 radical (unpaired) electrons. The molecule has 15 heavy (non-hydrogen) atoms. The Morgan fingerprint density at radius 3 is 2.73 bits per heavy atom. The minimum Gasteiger partial charge on any atom is -0.508 e. The van der Waals surface area contributed by atoms with E-state index in [-0.39, 0.29) is 11.7 Å². The second-order valence-corrected chi connectivity index (χ2v) is 4.35. The standard InChI is InChI=1S/C13H18O2/c1-9-4-5-13(15)12(7-9)8-10(2)6-11(3)14/h4-5,7,10,15H,6,8H2,1-3H3. The maximum atomic E-state index is 10.9. The zero-order valence-corrected chi connectivity index (χ0v) is 9.58. The molecule has 82 valence electrons. The van der Waals surface area contributed by atoms with E-state index >= 15 is 0 Å². The first kappa shape index (κ1) is 11.8. The Bertz CT molecular complexity index is 356. The summed E-state index contributed by atoms with van der Waals surface area (Å²) < 4.78 is 0. The summed E-state index contributed by atoms with van der Waals surface area (Å²) in [7, 11) is 0. The molecule has 0 heterocycles. The van der Waals surface area contributed by atoms with Gasteiger partial charge in [0, 0.05) is 6.42 Å². The lowest BCUT2D eigenvalue weighted by Gasteiger charge is -2.11. The lowest BCUT2D eigenvalue weighted by Crippen LogP contribution is -2.05. The predicted molar refractivity (Wildman–Crippen MR) is 61.0 cm³/mol. The van der Waals surface area contributed by atoms with Gasteiger partial charge in [0.05, 0.1) is 0 Å². The SMILES string of the molecule is CC(=O)CC(C)Cc1cc(C)ccc1O. The molecule has 0 aliphatic rings. The number of hydrogen-bond acceptors (Lipinski definition) is 2. The van der Waals surface area contributed by atoms with Gasteiger partial charge in [-0.05, 0) is 37.8 Å². The van der Waals surface area contributed by atoms with Crippen molar-refractivity contribution in [1.29, 1.82) is 0 Å². The zero-order chi connectivity index (χ0) is 11.4. The second kappa shape index (κ2) is 4.96. The minimum atomic E-state index is 0.203. The van der Waals surface area contributed by atoms with Gasteiger partial charge in [0.25, 0.3) is 0 Å². The Kier molecular flexibility index (Phi) is 3.89. The van der Waals surface area contributed by atoms with Gasteiger partial charge in [0.2, 0.25) is 0 Å². The summed E-state index contributed by atoms with van der Waals surface area (Å²) in [6.45, 7) is 5.63. The molecule has 0 aromatic heterocycles. The van der Waals surface area contributed by atoms with Crippen LogP contribution in [-0.4, -0.2) is 10.9 Å². The number of aryl methyl sites for hydroxylation is 1. The molecule has 0 aliphatic carbocycles. The summed E-state index contributed by atoms with van der Waals surface area (Å²) in [4.78, 5) is 10.9. The van der Waals surface area contributed by atoms with E-state index in [0.717, 1.165) is 17.5 Å². The van der Waals surface area contributed by atoms with Crippen molar-refractivity contribution in [2.75, 3.05) is 0 Å². The molecule has 0 spiro atoms. The van der Waals surface area contributed by atoms with E-state index in [0.29, 0.717) is 12.2 Å². The van der Waals surface area contributed by atoms with Crippen LogP contribution in [-0.2, 0) is 11.2 Å². The van der Waals surface area contributed by atoms with Crippen molar-refractivity contribution in [3.63, 3.8) is 0 Å². The van der Waals surface area contributed by atoms with Crippen LogP contribution in [0.4, 0.5) is 0 Å². The summed E-state index contributed by atoms with van der Waals surface area (Å²) in [5, 5.41) is 9.63. The van der Waals surface area contributed by atoms with E-state index in [1.165, 1.54) is 0 Å². The van der Waals surface area contributed by atoms with E-state index in [1.54, 1.807) is 13.0 Å². The summed E-state index contributed by atoms with van der Waals surface area (Å²) in [5.41, 5.74) is 2.07. The number of carbonyl (C=O) groups is 1. The van der Waals surface area contributed by atoms with Gasteiger partial charge in [-0.25, -0.2) is 0 Å². The number of phenols is 1. The van der Waals surface area contributed by atoms with Gasteiger partial charge in [0.1, 0.15) is 11.5 Å². The van der Waals surface area contributed by atoms with E-state index in [9.17, 15) is 9.90 Å². The predicted octanol–water partition coefficient (Wildman–Crippen LogP) is 2.86. The molecule has 2 heteroatoms. The molecule has 1 unspecified atom stereocenters.